The first-order valence-corrected chi connectivity index (χ1v) is 9.74. The van der Waals surface area contributed by atoms with Gasteiger partial charge < -0.3 is 10.1 Å². The van der Waals surface area contributed by atoms with Crippen molar-refractivity contribution in [3.8, 4) is 11.5 Å². The molecule has 1 heterocycles. The number of hydrogen-bond acceptors (Lipinski definition) is 4. The highest BCUT2D eigenvalue weighted by Gasteiger charge is 2.24. The predicted octanol–water partition coefficient (Wildman–Crippen LogP) is 6.02. The minimum Gasteiger partial charge on any atom is -0.457 e. The highest BCUT2D eigenvalue weighted by molar-refractivity contribution is 8.18. The molecule has 1 aliphatic heterocycles. The van der Waals surface area contributed by atoms with E-state index in [4.69, 9.17) is 16.3 Å². The number of nitrogens with zero attached hydrogens (tertiary/aromatic N) is 1. The number of rotatable bonds is 4. The number of halogens is 1. The van der Waals surface area contributed by atoms with Crippen LogP contribution in [0.15, 0.2) is 88.8 Å². The Morgan fingerprint density at radius 2 is 1.57 bits per heavy atom. The van der Waals surface area contributed by atoms with Gasteiger partial charge in [0.1, 0.15) is 11.5 Å². The molecular formula is C22H15ClN2O2S. The van der Waals surface area contributed by atoms with Crippen molar-refractivity contribution < 1.29 is 9.53 Å². The molecule has 0 bridgehead atoms. The summed E-state index contributed by atoms with van der Waals surface area (Å²) >= 11 is 7.41. The summed E-state index contributed by atoms with van der Waals surface area (Å²) in [6.45, 7) is 0. The summed E-state index contributed by atoms with van der Waals surface area (Å²) in [5.74, 6) is 1.33. The van der Waals surface area contributed by atoms with E-state index < -0.39 is 0 Å². The van der Waals surface area contributed by atoms with Crippen LogP contribution in [0.1, 0.15) is 5.56 Å². The maximum absolute atomic E-state index is 12.2. The van der Waals surface area contributed by atoms with Crippen molar-refractivity contribution in [1.82, 2.24) is 5.32 Å². The first kappa shape index (κ1) is 18.3. The SMILES string of the molecule is O=C1NC(=Nc2ccccc2Cl)SC1=Cc1ccc(Oc2ccccc2)cc1. The topological polar surface area (TPSA) is 50.7 Å². The van der Waals surface area contributed by atoms with E-state index in [1.165, 1.54) is 11.8 Å². The van der Waals surface area contributed by atoms with E-state index in [1.807, 2.05) is 72.8 Å². The van der Waals surface area contributed by atoms with Crippen molar-refractivity contribution in [3.05, 3.63) is 94.4 Å². The van der Waals surface area contributed by atoms with Gasteiger partial charge in [0.25, 0.3) is 5.91 Å². The molecule has 0 spiro atoms. The molecule has 1 amide bonds. The van der Waals surface area contributed by atoms with Gasteiger partial charge in [0, 0.05) is 0 Å². The first-order valence-electron chi connectivity index (χ1n) is 8.54. The van der Waals surface area contributed by atoms with Gasteiger partial charge in [-0.05, 0) is 59.8 Å². The van der Waals surface area contributed by atoms with Gasteiger partial charge in [0.2, 0.25) is 0 Å². The summed E-state index contributed by atoms with van der Waals surface area (Å²) in [5, 5.41) is 3.81. The van der Waals surface area contributed by atoms with Crippen LogP contribution in [-0.4, -0.2) is 11.1 Å². The lowest BCUT2D eigenvalue weighted by Crippen LogP contribution is -2.19. The van der Waals surface area contributed by atoms with E-state index in [0.29, 0.717) is 20.8 Å². The average Bonchev–Trinajstić information content (AvgIpc) is 3.05. The molecule has 4 rings (SSSR count). The normalized spacial score (nSPS) is 16.4. The highest BCUT2D eigenvalue weighted by atomic mass is 35.5. The number of amidine groups is 1. The summed E-state index contributed by atoms with van der Waals surface area (Å²) in [4.78, 5) is 17.2. The lowest BCUT2D eigenvalue weighted by molar-refractivity contribution is -0.115. The number of carbonyl (C=O) groups is 1. The van der Waals surface area contributed by atoms with Crippen LogP contribution in [0.2, 0.25) is 5.02 Å². The minimum absolute atomic E-state index is 0.180. The van der Waals surface area contributed by atoms with E-state index in [-0.39, 0.29) is 5.91 Å². The van der Waals surface area contributed by atoms with Gasteiger partial charge in [-0.2, -0.15) is 0 Å². The van der Waals surface area contributed by atoms with Gasteiger partial charge in [-0.15, -0.1) is 0 Å². The third-order valence-corrected chi connectivity index (χ3v) is 5.11. The van der Waals surface area contributed by atoms with Crippen molar-refractivity contribution >= 4 is 46.2 Å². The second-order valence-corrected chi connectivity index (χ2v) is 7.36. The summed E-state index contributed by atoms with van der Waals surface area (Å²) in [7, 11) is 0. The Kier molecular flexibility index (Phi) is 5.46. The molecule has 3 aromatic rings. The number of amides is 1. The van der Waals surface area contributed by atoms with Crippen molar-refractivity contribution in [2.24, 2.45) is 4.99 Å². The first-order chi connectivity index (χ1) is 13.7. The van der Waals surface area contributed by atoms with Crippen LogP contribution >= 0.6 is 23.4 Å². The van der Waals surface area contributed by atoms with E-state index in [2.05, 4.69) is 10.3 Å². The third-order valence-electron chi connectivity index (χ3n) is 3.88. The highest BCUT2D eigenvalue weighted by Crippen LogP contribution is 2.31. The van der Waals surface area contributed by atoms with Crippen molar-refractivity contribution in [2.75, 3.05) is 0 Å². The molecule has 0 aromatic heterocycles. The largest absolute Gasteiger partial charge is 0.457 e. The molecule has 1 fully saturated rings. The summed E-state index contributed by atoms with van der Waals surface area (Å²) < 4.78 is 5.78. The fourth-order valence-corrected chi connectivity index (χ4v) is 3.55. The van der Waals surface area contributed by atoms with E-state index >= 15 is 0 Å². The fraction of sp³-hybridized carbons (Fsp3) is 0. The molecule has 1 aliphatic rings. The Morgan fingerprint density at radius 1 is 0.893 bits per heavy atom. The van der Waals surface area contributed by atoms with Crippen LogP contribution in [0.4, 0.5) is 5.69 Å². The second kappa shape index (κ2) is 8.33. The molecule has 1 saturated heterocycles. The Labute approximate surface area is 171 Å². The van der Waals surface area contributed by atoms with Crippen molar-refractivity contribution in [1.29, 1.82) is 0 Å². The number of benzene rings is 3. The van der Waals surface area contributed by atoms with Crippen LogP contribution in [-0.2, 0) is 4.79 Å². The van der Waals surface area contributed by atoms with Crippen LogP contribution in [0.3, 0.4) is 0 Å². The molecule has 0 atom stereocenters. The van der Waals surface area contributed by atoms with E-state index in [1.54, 1.807) is 12.1 Å². The lowest BCUT2D eigenvalue weighted by atomic mass is 10.2. The monoisotopic (exact) mass is 406 g/mol. The van der Waals surface area contributed by atoms with Crippen LogP contribution in [0.5, 0.6) is 11.5 Å². The smallest absolute Gasteiger partial charge is 0.264 e. The number of para-hydroxylation sites is 2. The van der Waals surface area contributed by atoms with Crippen LogP contribution in [0.25, 0.3) is 6.08 Å². The van der Waals surface area contributed by atoms with E-state index in [0.717, 1.165) is 17.1 Å². The Balaban J connectivity index is 1.48. The van der Waals surface area contributed by atoms with Crippen molar-refractivity contribution in [2.45, 2.75) is 0 Å². The van der Waals surface area contributed by atoms with Gasteiger partial charge in [-0.25, -0.2) is 4.99 Å². The van der Waals surface area contributed by atoms with Crippen molar-refractivity contribution in [3.63, 3.8) is 0 Å². The van der Waals surface area contributed by atoms with Gasteiger partial charge in [0.05, 0.1) is 15.6 Å². The zero-order chi connectivity index (χ0) is 19.3. The average molecular weight is 407 g/mol. The predicted molar refractivity (Wildman–Crippen MR) is 115 cm³/mol. The third kappa shape index (κ3) is 4.44. The lowest BCUT2D eigenvalue weighted by Gasteiger charge is -2.05. The maximum atomic E-state index is 12.2. The van der Waals surface area contributed by atoms with E-state index in [9.17, 15) is 4.79 Å². The Morgan fingerprint density at radius 3 is 2.32 bits per heavy atom. The van der Waals surface area contributed by atoms with Crippen LogP contribution < -0.4 is 10.1 Å². The number of aliphatic imine (C=N–C) groups is 1. The molecule has 0 radical (unpaired) electrons. The minimum atomic E-state index is -0.180. The quantitative estimate of drug-likeness (QED) is 0.538. The molecule has 0 unspecified atom stereocenters. The molecule has 0 aliphatic carbocycles. The molecule has 28 heavy (non-hydrogen) atoms. The Hall–Kier alpha value is -3.02. The molecule has 3 aromatic carbocycles. The zero-order valence-corrected chi connectivity index (χ0v) is 16.2. The van der Waals surface area contributed by atoms with Gasteiger partial charge in [-0.1, -0.05) is 54.1 Å². The molecule has 138 valence electrons. The number of ether oxygens (including phenoxy) is 1. The Bertz CT molecular complexity index is 1060. The fourth-order valence-electron chi connectivity index (χ4n) is 2.54. The summed E-state index contributed by atoms with van der Waals surface area (Å²) in [6.07, 6.45) is 1.82. The van der Waals surface area contributed by atoms with Gasteiger partial charge in [0.15, 0.2) is 5.17 Å². The molecule has 4 nitrogen and oxygen atoms in total. The zero-order valence-electron chi connectivity index (χ0n) is 14.6. The molecule has 1 N–H and O–H groups in total. The van der Waals surface area contributed by atoms with Crippen LogP contribution in [0, 0.1) is 0 Å². The summed E-state index contributed by atoms with van der Waals surface area (Å²) in [5.41, 5.74) is 1.52. The standard InChI is InChI=1S/C22H15ClN2O2S/c23-18-8-4-5-9-19(18)24-22-25-21(26)20(28-22)14-15-10-12-17(13-11-15)27-16-6-2-1-3-7-16/h1-14H,(H,24,25,26). The summed E-state index contributed by atoms with van der Waals surface area (Å²) in [6, 6.07) is 24.4. The van der Waals surface area contributed by atoms with Gasteiger partial charge in [-0.3, -0.25) is 4.79 Å². The number of hydrogen-bond donors (Lipinski definition) is 1. The number of thioether (sulfide) groups is 1. The number of carbonyl (C=O) groups excluding carboxylic acids is 1. The second-order valence-electron chi connectivity index (χ2n) is 5.92. The molecule has 6 heteroatoms. The molecule has 0 saturated carbocycles. The number of nitrogens with one attached hydrogen (secondary N) is 1. The van der Waals surface area contributed by atoms with Gasteiger partial charge >= 0.3 is 0 Å². The maximum Gasteiger partial charge on any atom is 0.264 e. The molecular weight excluding hydrogens is 392 g/mol.